The molecule has 8 heteroatoms. The molecule has 0 aliphatic carbocycles. The van der Waals surface area contributed by atoms with Gasteiger partial charge in [0.2, 0.25) is 10.0 Å². The van der Waals surface area contributed by atoms with Crippen molar-refractivity contribution in [1.29, 1.82) is 0 Å². The minimum atomic E-state index is -3.89. The zero-order valence-electron chi connectivity index (χ0n) is 10.2. The fraction of sp³-hybridized carbons (Fsp3) is 0.364. The number of carbonyl (C=O) groups is 1. The Bertz CT molecular complexity index is 599. The largest absolute Gasteiger partial charge is 0.545 e. The maximum atomic E-state index is 12.0. The smallest absolute Gasteiger partial charge is 0.242 e. The average Bonchev–Trinajstić information content (AvgIpc) is 2.25. The maximum Gasteiger partial charge on any atom is 0.242 e. The second-order valence-electron chi connectivity index (χ2n) is 4.30. The first-order valence-electron chi connectivity index (χ1n) is 5.35. The van der Waals surface area contributed by atoms with Gasteiger partial charge in [0.05, 0.1) is 16.0 Å². The van der Waals surface area contributed by atoms with Crippen LogP contribution in [0.3, 0.4) is 0 Å². The molecule has 0 radical (unpaired) electrons. The number of carboxylic acids is 1. The average molecular weight is 325 g/mol. The monoisotopic (exact) mass is 324 g/mol. The summed E-state index contributed by atoms with van der Waals surface area (Å²) in [5.41, 5.74) is -0.420. The lowest BCUT2D eigenvalue weighted by atomic mass is 10.2. The van der Waals surface area contributed by atoms with E-state index >= 15 is 0 Å². The van der Waals surface area contributed by atoms with Gasteiger partial charge in [-0.3, -0.25) is 0 Å². The molecule has 1 rings (SSSR count). The van der Waals surface area contributed by atoms with Crippen molar-refractivity contribution in [1.82, 2.24) is 4.72 Å². The Balaban J connectivity index is 3.27. The molecule has 5 nitrogen and oxygen atoms in total. The van der Waals surface area contributed by atoms with E-state index < -0.39 is 21.6 Å². The molecule has 106 valence electrons. The lowest BCUT2D eigenvalue weighted by Gasteiger charge is -2.13. The molecule has 0 bridgehead atoms. The van der Waals surface area contributed by atoms with Gasteiger partial charge in [-0.05, 0) is 18.1 Å². The number of hydrogen-bond acceptors (Lipinski definition) is 4. The summed E-state index contributed by atoms with van der Waals surface area (Å²) in [5.74, 6) is -1.47. The summed E-state index contributed by atoms with van der Waals surface area (Å²) >= 11 is 11.4. The third kappa shape index (κ3) is 4.07. The van der Waals surface area contributed by atoms with Crippen molar-refractivity contribution < 1.29 is 18.3 Å². The van der Waals surface area contributed by atoms with Crippen LogP contribution < -0.4 is 9.83 Å². The Labute approximate surface area is 121 Å². The zero-order chi connectivity index (χ0) is 14.8. The predicted octanol–water partition coefficient (Wildman–Crippen LogP) is 1.29. The molecule has 0 fully saturated rings. The third-order valence-corrected chi connectivity index (χ3v) is 4.41. The molecule has 0 heterocycles. The minimum absolute atomic E-state index is 0.0986. The van der Waals surface area contributed by atoms with E-state index in [0.29, 0.717) is 0 Å². The van der Waals surface area contributed by atoms with E-state index in [1.54, 1.807) is 0 Å². The molecule has 0 saturated carbocycles. The summed E-state index contributed by atoms with van der Waals surface area (Å²) in [7, 11) is -3.89. The van der Waals surface area contributed by atoms with E-state index in [-0.39, 0.29) is 27.4 Å². The fourth-order valence-electron chi connectivity index (χ4n) is 1.25. The summed E-state index contributed by atoms with van der Waals surface area (Å²) in [5, 5.41) is 10.5. The maximum absolute atomic E-state index is 12.0. The molecule has 1 N–H and O–H groups in total. The van der Waals surface area contributed by atoms with Gasteiger partial charge in [-0.2, -0.15) is 0 Å². The normalized spacial score (nSPS) is 11.8. The van der Waals surface area contributed by atoms with E-state index in [2.05, 4.69) is 4.72 Å². The molecule has 1 aromatic carbocycles. The number of aromatic carboxylic acids is 1. The van der Waals surface area contributed by atoms with Crippen LogP contribution in [0.15, 0.2) is 17.0 Å². The van der Waals surface area contributed by atoms with Gasteiger partial charge in [-0.15, -0.1) is 0 Å². The van der Waals surface area contributed by atoms with Crippen LogP contribution in [0.2, 0.25) is 10.0 Å². The summed E-state index contributed by atoms with van der Waals surface area (Å²) in [6, 6.07) is 1.96. The first-order valence-corrected chi connectivity index (χ1v) is 7.59. The highest BCUT2D eigenvalue weighted by Crippen LogP contribution is 2.28. The van der Waals surface area contributed by atoms with Crippen LogP contribution in [0.1, 0.15) is 24.2 Å². The van der Waals surface area contributed by atoms with Crippen molar-refractivity contribution in [3.05, 3.63) is 27.7 Å². The molecule has 0 amide bonds. The topological polar surface area (TPSA) is 86.3 Å². The van der Waals surface area contributed by atoms with Crippen LogP contribution >= 0.6 is 23.2 Å². The van der Waals surface area contributed by atoms with E-state index in [4.69, 9.17) is 23.2 Å². The summed E-state index contributed by atoms with van der Waals surface area (Å²) in [4.78, 5) is 10.5. The van der Waals surface area contributed by atoms with Crippen LogP contribution in [-0.2, 0) is 10.0 Å². The van der Waals surface area contributed by atoms with Crippen molar-refractivity contribution in [3.8, 4) is 0 Å². The lowest BCUT2D eigenvalue weighted by molar-refractivity contribution is -0.255. The van der Waals surface area contributed by atoms with Gasteiger partial charge >= 0.3 is 0 Å². The van der Waals surface area contributed by atoms with Crippen molar-refractivity contribution in [2.24, 2.45) is 5.92 Å². The van der Waals surface area contributed by atoms with Crippen LogP contribution in [0, 0.1) is 5.92 Å². The van der Waals surface area contributed by atoms with Gasteiger partial charge in [0, 0.05) is 12.1 Å². The number of nitrogens with one attached hydrogen (secondary N) is 1. The molecule has 1 aromatic rings. The summed E-state index contributed by atoms with van der Waals surface area (Å²) < 4.78 is 26.3. The summed E-state index contributed by atoms with van der Waals surface area (Å²) in [6.07, 6.45) is 0. The highest BCUT2D eigenvalue weighted by atomic mass is 35.5. The van der Waals surface area contributed by atoms with Crippen LogP contribution in [-0.4, -0.2) is 20.9 Å². The fourth-order valence-corrected chi connectivity index (χ4v) is 3.31. The van der Waals surface area contributed by atoms with Crippen LogP contribution in [0.4, 0.5) is 0 Å². The second-order valence-corrected chi connectivity index (χ2v) is 6.85. The Kier molecular flexibility index (Phi) is 5.20. The first-order chi connectivity index (χ1) is 8.65. The minimum Gasteiger partial charge on any atom is -0.545 e. The van der Waals surface area contributed by atoms with Crippen molar-refractivity contribution in [3.63, 3.8) is 0 Å². The van der Waals surface area contributed by atoms with Gasteiger partial charge in [0.1, 0.15) is 4.90 Å². The molecule has 0 aliphatic heterocycles. The van der Waals surface area contributed by atoms with Crippen molar-refractivity contribution in [2.75, 3.05) is 6.54 Å². The predicted molar refractivity (Wildman–Crippen MR) is 70.8 cm³/mol. The number of halogens is 2. The highest BCUT2D eigenvalue weighted by molar-refractivity contribution is 7.89. The molecule has 0 spiro atoms. The number of carboxylic acid groups (broad SMARTS) is 1. The Morgan fingerprint density at radius 2 is 1.89 bits per heavy atom. The van der Waals surface area contributed by atoms with Gasteiger partial charge in [0.25, 0.3) is 0 Å². The van der Waals surface area contributed by atoms with Crippen molar-refractivity contribution in [2.45, 2.75) is 18.7 Å². The number of hydrogen-bond donors (Lipinski definition) is 1. The van der Waals surface area contributed by atoms with Crippen molar-refractivity contribution >= 4 is 39.2 Å². The van der Waals surface area contributed by atoms with Gasteiger partial charge < -0.3 is 9.90 Å². The Hall–Kier alpha value is -0.820. The first kappa shape index (κ1) is 16.2. The van der Waals surface area contributed by atoms with E-state index in [1.807, 2.05) is 13.8 Å². The third-order valence-electron chi connectivity index (χ3n) is 2.21. The molecule has 0 saturated heterocycles. The van der Waals surface area contributed by atoms with Crippen LogP contribution in [0.5, 0.6) is 0 Å². The molecular formula is C11H12Cl2NO4S-. The molecule has 0 aliphatic rings. The van der Waals surface area contributed by atoms with Gasteiger partial charge in [0.15, 0.2) is 0 Å². The highest BCUT2D eigenvalue weighted by Gasteiger charge is 2.20. The van der Waals surface area contributed by atoms with E-state index in [0.717, 1.165) is 12.1 Å². The second kappa shape index (κ2) is 6.09. The number of rotatable bonds is 5. The Morgan fingerprint density at radius 1 is 1.32 bits per heavy atom. The zero-order valence-corrected chi connectivity index (χ0v) is 12.6. The molecule has 0 aromatic heterocycles. The van der Waals surface area contributed by atoms with E-state index in [1.165, 1.54) is 0 Å². The Morgan fingerprint density at radius 3 is 2.37 bits per heavy atom. The SMILES string of the molecule is CC(C)CNS(=O)(=O)c1cc(C(=O)[O-])c(Cl)cc1Cl. The molecular weight excluding hydrogens is 313 g/mol. The quantitative estimate of drug-likeness (QED) is 0.884. The number of carbonyl (C=O) groups excluding carboxylic acids is 1. The lowest BCUT2D eigenvalue weighted by Crippen LogP contribution is -2.29. The number of benzene rings is 1. The van der Waals surface area contributed by atoms with Gasteiger partial charge in [-0.25, -0.2) is 13.1 Å². The molecule has 0 unspecified atom stereocenters. The van der Waals surface area contributed by atoms with E-state index in [9.17, 15) is 18.3 Å². The standard InChI is InChI=1S/C11H13Cl2NO4S/c1-6(2)5-14-19(17,18)10-3-7(11(15)16)8(12)4-9(10)13/h3-4,6,14H,5H2,1-2H3,(H,15,16)/p-1. The molecule has 19 heavy (non-hydrogen) atoms. The van der Waals surface area contributed by atoms with Gasteiger partial charge in [-0.1, -0.05) is 37.0 Å². The molecule has 0 atom stereocenters. The van der Waals surface area contributed by atoms with Crippen LogP contribution in [0.25, 0.3) is 0 Å². The number of sulfonamides is 1. The summed E-state index contributed by atoms with van der Waals surface area (Å²) in [6.45, 7) is 3.87.